The number of ether oxygens (including phenoxy) is 4. The Kier molecular flexibility index (Phi) is 19.8. The Labute approximate surface area is 211 Å². The summed E-state index contributed by atoms with van der Waals surface area (Å²) in [7, 11) is 4.56. The van der Waals surface area contributed by atoms with Gasteiger partial charge in [-0.2, -0.15) is 0 Å². The number of carbonyl (C=O) groups is 3. The quantitative estimate of drug-likeness (QED) is 0.156. The number of carboxylic acid groups (broad SMARTS) is 2. The minimum atomic E-state index is -2.07. The van der Waals surface area contributed by atoms with Crippen LogP contribution in [0.2, 0.25) is 0 Å². The highest BCUT2D eigenvalue weighted by atomic mass is 35.5. The van der Waals surface area contributed by atoms with E-state index in [1.807, 2.05) is 0 Å². The number of rotatable bonds is 14. The van der Waals surface area contributed by atoms with Crippen molar-refractivity contribution in [2.75, 3.05) is 53.5 Å². The van der Waals surface area contributed by atoms with Crippen LogP contribution >= 0.6 is 24.0 Å². The number of aliphatic carboxylic acids is 2. The van der Waals surface area contributed by atoms with Crippen molar-refractivity contribution in [3.8, 4) is 17.2 Å². The van der Waals surface area contributed by atoms with Crippen molar-refractivity contribution in [3.63, 3.8) is 0 Å². The predicted octanol–water partition coefficient (Wildman–Crippen LogP) is 0.816. The molecule has 0 aliphatic rings. The van der Waals surface area contributed by atoms with Crippen LogP contribution < -0.4 is 24.2 Å². The highest BCUT2D eigenvalue weighted by molar-refractivity contribution is 6.26. The molecule has 0 fully saturated rings. The second-order valence-corrected chi connectivity index (χ2v) is 7.23. The maximum Gasteiger partial charge on any atom is 0.351 e. The van der Waals surface area contributed by atoms with Gasteiger partial charge in [-0.15, -0.1) is 24.0 Å². The lowest BCUT2D eigenvalue weighted by atomic mass is 10.2. The Morgan fingerprint density at radius 2 is 1.50 bits per heavy atom. The molecule has 0 bridgehead atoms. The fraction of sp³-hybridized carbons (Fsp3) is 0.591. The van der Waals surface area contributed by atoms with Crippen molar-refractivity contribution in [1.82, 2.24) is 0 Å². The van der Waals surface area contributed by atoms with Crippen molar-refractivity contribution in [2.24, 2.45) is 0 Å². The number of carboxylic acids is 2. The molecule has 0 radical (unpaired) electrons. The van der Waals surface area contributed by atoms with E-state index in [1.54, 1.807) is 12.1 Å². The standard InChI is InChI=1S/C20H32ClNO5.C2H2O4.ClH/c1-5-22(11-9-7-6-8-10-21)12-13-27-20(23)16-14-17(24-2)19(26-4)18(15-16)25-3;3-1(4)2(5)6;/h14-15H,5-13H2,1-4H3;(H,3,4)(H,5,6);1H. The zero-order valence-electron chi connectivity index (χ0n) is 20.0. The van der Waals surface area contributed by atoms with E-state index in [0.717, 1.165) is 31.9 Å². The number of unbranched alkanes of at least 4 members (excludes halogenated alkanes) is 3. The molecule has 1 atom stereocenters. The first-order valence-electron chi connectivity index (χ1n) is 10.6. The second kappa shape index (κ2) is 20.0. The van der Waals surface area contributed by atoms with Crippen molar-refractivity contribution in [3.05, 3.63) is 17.7 Å². The van der Waals surface area contributed by atoms with Crippen LogP contribution in [0.4, 0.5) is 0 Å². The fourth-order valence-corrected chi connectivity index (χ4v) is 3.06. The molecule has 0 aliphatic heterocycles. The second-order valence-electron chi connectivity index (χ2n) is 6.85. The van der Waals surface area contributed by atoms with E-state index in [1.165, 1.54) is 45.5 Å². The first-order valence-corrected chi connectivity index (χ1v) is 11.1. The van der Waals surface area contributed by atoms with E-state index in [0.29, 0.717) is 29.4 Å². The SMILES string of the molecule is CC[NH+](CCCCCCCl)CCOC(=O)c1cc(OC)c(OC)c(OC)c1.Cl.O=C([O-])C(=O)O. The molecule has 0 spiro atoms. The monoisotopic (exact) mass is 527 g/mol. The van der Waals surface area contributed by atoms with Gasteiger partial charge in [-0.3, -0.25) is 0 Å². The number of benzene rings is 1. The van der Waals surface area contributed by atoms with Crippen LogP contribution in [-0.4, -0.2) is 76.5 Å². The van der Waals surface area contributed by atoms with Crippen LogP contribution in [-0.2, 0) is 14.3 Å². The number of halogens is 2. The van der Waals surface area contributed by atoms with Gasteiger partial charge in [0, 0.05) is 5.88 Å². The molecule has 0 heterocycles. The normalized spacial score (nSPS) is 10.6. The van der Waals surface area contributed by atoms with E-state index < -0.39 is 17.9 Å². The van der Waals surface area contributed by atoms with E-state index >= 15 is 0 Å². The number of nitrogens with one attached hydrogen (secondary N) is 1. The van der Waals surface area contributed by atoms with E-state index in [-0.39, 0.29) is 12.4 Å². The topological polar surface area (TPSA) is 136 Å². The molecule has 0 saturated carbocycles. The Balaban J connectivity index is 0. The van der Waals surface area contributed by atoms with Gasteiger partial charge in [0.05, 0.1) is 40.0 Å². The van der Waals surface area contributed by atoms with Crippen LogP contribution in [0.15, 0.2) is 12.1 Å². The first-order chi connectivity index (χ1) is 15.7. The molecule has 10 nitrogen and oxygen atoms in total. The highest BCUT2D eigenvalue weighted by Gasteiger charge is 2.18. The van der Waals surface area contributed by atoms with Crippen molar-refractivity contribution >= 4 is 41.9 Å². The van der Waals surface area contributed by atoms with Gasteiger partial charge in [-0.1, -0.05) is 6.42 Å². The van der Waals surface area contributed by atoms with Gasteiger partial charge in [0.15, 0.2) is 17.5 Å². The average molecular weight is 528 g/mol. The lowest BCUT2D eigenvalue weighted by Crippen LogP contribution is -3.12. The zero-order valence-corrected chi connectivity index (χ0v) is 21.6. The maximum absolute atomic E-state index is 12.4. The fourth-order valence-electron chi connectivity index (χ4n) is 2.87. The van der Waals surface area contributed by atoms with Crippen LogP contribution in [0.25, 0.3) is 0 Å². The van der Waals surface area contributed by atoms with Crippen LogP contribution in [0.1, 0.15) is 43.0 Å². The van der Waals surface area contributed by atoms with Gasteiger partial charge in [0.25, 0.3) is 0 Å². The maximum atomic E-state index is 12.4. The Bertz CT molecular complexity index is 710. The molecule has 0 amide bonds. The first kappa shape index (κ1) is 33.7. The summed E-state index contributed by atoms with van der Waals surface area (Å²) in [6.45, 7) is 5.41. The molecule has 0 aliphatic carbocycles. The van der Waals surface area contributed by atoms with E-state index in [4.69, 9.17) is 50.4 Å². The number of alkyl halides is 1. The van der Waals surface area contributed by atoms with E-state index in [9.17, 15) is 4.79 Å². The smallest absolute Gasteiger partial charge is 0.351 e. The number of quaternary nitrogens is 1. The summed E-state index contributed by atoms with van der Waals surface area (Å²) in [5, 5.41) is 16.3. The molecule has 1 rings (SSSR count). The van der Waals surface area contributed by atoms with Crippen LogP contribution in [0.3, 0.4) is 0 Å². The van der Waals surface area contributed by atoms with Gasteiger partial charge in [0.1, 0.15) is 13.2 Å². The summed E-state index contributed by atoms with van der Waals surface area (Å²) in [6.07, 6.45) is 4.62. The van der Waals surface area contributed by atoms with Gasteiger partial charge >= 0.3 is 11.9 Å². The molecule has 0 saturated heterocycles. The Morgan fingerprint density at radius 3 is 1.91 bits per heavy atom. The Morgan fingerprint density at radius 1 is 0.971 bits per heavy atom. The molecule has 1 unspecified atom stereocenters. The number of esters is 1. The van der Waals surface area contributed by atoms with E-state index in [2.05, 4.69) is 6.92 Å². The summed E-state index contributed by atoms with van der Waals surface area (Å²) < 4.78 is 21.3. The van der Waals surface area contributed by atoms with Crippen LogP contribution in [0.5, 0.6) is 17.2 Å². The number of likely N-dealkylation sites (N-methyl/N-ethyl adjacent to an activating group) is 1. The molecule has 2 N–H and O–H groups in total. The number of hydrogen-bond acceptors (Lipinski definition) is 8. The lowest BCUT2D eigenvalue weighted by molar-refractivity contribution is -0.898. The van der Waals surface area contributed by atoms with Gasteiger partial charge in [0.2, 0.25) is 5.75 Å². The zero-order chi connectivity index (χ0) is 25.2. The molecule has 196 valence electrons. The summed E-state index contributed by atoms with van der Waals surface area (Å²) >= 11 is 5.70. The summed E-state index contributed by atoms with van der Waals surface area (Å²) in [5.74, 6) is -2.35. The lowest BCUT2D eigenvalue weighted by Gasteiger charge is -2.18. The van der Waals surface area contributed by atoms with Crippen molar-refractivity contribution < 1.29 is 48.4 Å². The molecule has 12 heteroatoms. The van der Waals surface area contributed by atoms with Crippen LogP contribution in [0, 0.1) is 0 Å². The number of carbonyl (C=O) groups excluding carboxylic acids is 2. The molecule has 0 aromatic heterocycles. The number of hydrogen-bond donors (Lipinski definition) is 2. The average Bonchev–Trinajstić information content (AvgIpc) is 2.81. The number of methoxy groups -OCH3 is 3. The molecule has 34 heavy (non-hydrogen) atoms. The van der Waals surface area contributed by atoms with Gasteiger partial charge in [-0.05, 0) is 38.3 Å². The summed E-state index contributed by atoms with van der Waals surface area (Å²) in [4.78, 5) is 31.8. The molecular formula is C22H35Cl2NO9. The Hall–Kier alpha value is -2.43. The van der Waals surface area contributed by atoms with Crippen molar-refractivity contribution in [2.45, 2.75) is 32.6 Å². The summed E-state index contributed by atoms with van der Waals surface area (Å²) in [6, 6.07) is 3.20. The molecular weight excluding hydrogens is 493 g/mol. The third-order valence-corrected chi connectivity index (χ3v) is 4.95. The van der Waals surface area contributed by atoms with Crippen molar-refractivity contribution in [1.29, 1.82) is 0 Å². The predicted molar refractivity (Wildman–Crippen MR) is 127 cm³/mol. The highest BCUT2D eigenvalue weighted by Crippen LogP contribution is 2.38. The minimum absolute atomic E-state index is 0. The molecule has 1 aromatic carbocycles. The van der Waals surface area contributed by atoms with Gasteiger partial charge in [-0.25, -0.2) is 9.59 Å². The molecule has 1 aromatic rings. The third-order valence-electron chi connectivity index (χ3n) is 4.68. The van der Waals surface area contributed by atoms with Gasteiger partial charge < -0.3 is 38.9 Å². The summed E-state index contributed by atoms with van der Waals surface area (Å²) in [5.41, 5.74) is 0.378. The third kappa shape index (κ3) is 13.3. The minimum Gasteiger partial charge on any atom is -0.539 e. The largest absolute Gasteiger partial charge is 0.539 e.